The molecule has 0 saturated carbocycles. The van der Waals surface area contributed by atoms with Gasteiger partial charge in [-0.3, -0.25) is 0 Å². The first-order chi connectivity index (χ1) is 7.12. The van der Waals surface area contributed by atoms with Gasteiger partial charge in [0, 0.05) is 13.0 Å². The average Bonchev–Trinajstić information content (AvgIpc) is 2.55. The Labute approximate surface area is 92.6 Å². The van der Waals surface area contributed by atoms with Crippen LogP contribution in [0.4, 0.5) is 0 Å². The Hall–Kier alpha value is -0.340. The van der Waals surface area contributed by atoms with Crippen molar-refractivity contribution in [3.8, 4) is 0 Å². The standard InChI is InChI=1S/C13H22O2/c1-13(2)9-11(12(14-3)15-13)10-7-5-4-6-8-10/h7,11-12H,4-6,8-9H2,1-3H3. The third kappa shape index (κ3) is 2.43. The lowest BCUT2D eigenvalue weighted by molar-refractivity contribution is -0.151. The number of methoxy groups -OCH3 is 1. The van der Waals surface area contributed by atoms with E-state index in [4.69, 9.17) is 9.47 Å². The van der Waals surface area contributed by atoms with E-state index in [0.29, 0.717) is 5.92 Å². The summed E-state index contributed by atoms with van der Waals surface area (Å²) in [6, 6.07) is 0. The fourth-order valence-electron chi connectivity index (χ4n) is 2.79. The molecule has 0 bridgehead atoms. The van der Waals surface area contributed by atoms with Gasteiger partial charge in [-0.25, -0.2) is 0 Å². The highest BCUT2D eigenvalue weighted by Gasteiger charge is 2.41. The van der Waals surface area contributed by atoms with Crippen LogP contribution in [0.15, 0.2) is 11.6 Å². The molecule has 0 aromatic rings. The topological polar surface area (TPSA) is 18.5 Å². The van der Waals surface area contributed by atoms with Crippen molar-refractivity contribution < 1.29 is 9.47 Å². The van der Waals surface area contributed by atoms with E-state index in [1.807, 2.05) is 0 Å². The van der Waals surface area contributed by atoms with Gasteiger partial charge in [-0.15, -0.1) is 0 Å². The second kappa shape index (κ2) is 4.26. The summed E-state index contributed by atoms with van der Waals surface area (Å²) in [5.41, 5.74) is 1.54. The molecule has 2 rings (SSSR count). The summed E-state index contributed by atoms with van der Waals surface area (Å²) in [6.07, 6.45) is 8.64. The SMILES string of the molecule is COC1OC(C)(C)CC1C1=CCCCC1. The molecule has 0 aromatic carbocycles. The van der Waals surface area contributed by atoms with E-state index >= 15 is 0 Å². The van der Waals surface area contributed by atoms with Crippen molar-refractivity contribution in [1.82, 2.24) is 0 Å². The average molecular weight is 210 g/mol. The summed E-state index contributed by atoms with van der Waals surface area (Å²) in [7, 11) is 1.75. The summed E-state index contributed by atoms with van der Waals surface area (Å²) in [4.78, 5) is 0. The second-order valence-electron chi connectivity index (χ2n) is 5.32. The Kier molecular flexibility index (Phi) is 3.17. The van der Waals surface area contributed by atoms with Crippen molar-refractivity contribution in [2.75, 3.05) is 7.11 Å². The fourth-order valence-corrected chi connectivity index (χ4v) is 2.79. The van der Waals surface area contributed by atoms with E-state index in [9.17, 15) is 0 Å². The first-order valence-electron chi connectivity index (χ1n) is 6.02. The van der Waals surface area contributed by atoms with Crippen LogP contribution in [0.3, 0.4) is 0 Å². The van der Waals surface area contributed by atoms with E-state index in [-0.39, 0.29) is 11.9 Å². The summed E-state index contributed by atoms with van der Waals surface area (Å²) in [6.45, 7) is 4.31. The van der Waals surface area contributed by atoms with Gasteiger partial charge in [-0.2, -0.15) is 0 Å². The Bertz CT molecular complexity index is 255. The molecule has 0 amide bonds. The number of allylic oxidation sites excluding steroid dienone is 1. The second-order valence-corrected chi connectivity index (χ2v) is 5.32. The van der Waals surface area contributed by atoms with Crippen molar-refractivity contribution in [2.45, 2.75) is 57.8 Å². The molecule has 15 heavy (non-hydrogen) atoms. The van der Waals surface area contributed by atoms with Gasteiger partial charge in [0.15, 0.2) is 6.29 Å². The van der Waals surface area contributed by atoms with Gasteiger partial charge in [0.1, 0.15) is 0 Å². The van der Waals surface area contributed by atoms with Gasteiger partial charge in [0.05, 0.1) is 5.60 Å². The molecule has 1 heterocycles. The van der Waals surface area contributed by atoms with Crippen LogP contribution < -0.4 is 0 Å². The monoisotopic (exact) mass is 210 g/mol. The number of hydrogen-bond acceptors (Lipinski definition) is 2. The molecule has 1 aliphatic heterocycles. The number of hydrogen-bond donors (Lipinski definition) is 0. The Morgan fingerprint density at radius 2 is 2.20 bits per heavy atom. The third-order valence-electron chi connectivity index (χ3n) is 3.51. The van der Waals surface area contributed by atoms with Gasteiger partial charge >= 0.3 is 0 Å². The minimum atomic E-state index is -0.0242. The van der Waals surface area contributed by atoms with Crippen LogP contribution in [0.25, 0.3) is 0 Å². The van der Waals surface area contributed by atoms with Crippen molar-refractivity contribution >= 4 is 0 Å². The quantitative estimate of drug-likeness (QED) is 0.651. The van der Waals surface area contributed by atoms with Crippen LogP contribution in [0.5, 0.6) is 0 Å². The molecule has 1 aliphatic carbocycles. The van der Waals surface area contributed by atoms with Crippen molar-refractivity contribution in [2.24, 2.45) is 5.92 Å². The maximum absolute atomic E-state index is 5.90. The molecule has 2 atom stereocenters. The van der Waals surface area contributed by atoms with Gasteiger partial charge in [-0.05, 0) is 46.0 Å². The highest BCUT2D eigenvalue weighted by Crippen LogP contribution is 2.41. The van der Waals surface area contributed by atoms with E-state index in [0.717, 1.165) is 6.42 Å². The van der Waals surface area contributed by atoms with Gasteiger partial charge < -0.3 is 9.47 Å². The summed E-state index contributed by atoms with van der Waals surface area (Å²) < 4.78 is 11.4. The first-order valence-corrected chi connectivity index (χ1v) is 6.02. The molecule has 2 aliphatic rings. The summed E-state index contributed by atoms with van der Waals surface area (Å²) >= 11 is 0. The van der Waals surface area contributed by atoms with E-state index in [2.05, 4.69) is 19.9 Å². The molecule has 1 saturated heterocycles. The molecule has 2 unspecified atom stereocenters. The predicted molar refractivity (Wildman–Crippen MR) is 60.6 cm³/mol. The minimum absolute atomic E-state index is 0.0238. The van der Waals surface area contributed by atoms with Crippen LogP contribution >= 0.6 is 0 Å². The Morgan fingerprint density at radius 3 is 2.80 bits per heavy atom. The van der Waals surface area contributed by atoms with E-state index in [1.165, 1.54) is 25.7 Å². The highest BCUT2D eigenvalue weighted by molar-refractivity contribution is 5.13. The number of rotatable bonds is 2. The zero-order valence-electron chi connectivity index (χ0n) is 10.1. The molecule has 0 radical (unpaired) electrons. The minimum Gasteiger partial charge on any atom is -0.355 e. The molecular formula is C13H22O2. The Balaban J connectivity index is 2.10. The van der Waals surface area contributed by atoms with Crippen LogP contribution in [0.1, 0.15) is 46.0 Å². The maximum atomic E-state index is 5.90. The van der Waals surface area contributed by atoms with Crippen molar-refractivity contribution in [3.63, 3.8) is 0 Å². The molecule has 0 N–H and O–H groups in total. The van der Waals surface area contributed by atoms with Gasteiger partial charge in [0.2, 0.25) is 0 Å². The van der Waals surface area contributed by atoms with E-state index < -0.39 is 0 Å². The first kappa shape index (κ1) is 11.2. The zero-order chi connectivity index (χ0) is 10.9. The fraction of sp³-hybridized carbons (Fsp3) is 0.846. The molecule has 0 aromatic heterocycles. The highest BCUT2D eigenvalue weighted by atomic mass is 16.7. The van der Waals surface area contributed by atoms with Crippen LogP contribution in [0.2, 0.25) is 0 Å². The third-order valence-corrected chi connectivity index (χ3v) is 3.51. The van der Waals surface area contributed by atoms with Crippen LogP contribution in [0, 0.1) is 5.92 Å². The smallest absolute Gasteiger partial charge is 0.164 e. The van der Waals surface area contributed by atoms with E-state index in [1.54, 1.807) is 12.7 Å². The number of ether oxygens (including phenoxy) is 2. The lowest BCUT2D eigenvalue weighted by Gasteiger charge is -2.22. The largest absolute Gasteiger partial charge is 0.355 e. The molecular weight excluding hydrogens is 188 g/mol. The summed E-state index contributed by atoms with van der Waals surface area (Å²) in [5, 5.41) is 0. The summed E-state index contributed by atoms with van der Waals surface area (Å²) in [5.74, 6) is 0.491. The predicted octanol–water partition coefficient (Wildman–Crippen LogP) is 3.27. The van der Waals surface area contributed by atoms with Gasteiger partial charge in [0.25, 0.3) is 0 Å². The molecule has 2 nitrogen and oxygen atoms in total. The normalized spacial score (nSPS) is 35.3. The molecule has 86 valence electrons. The van der Waals surface area contributed by atoms with Crippen molar-refractivity contribution in [3.05, 3.63) is 11.6 Å². The lowest BCUT2D eigenvalue weighted by Crippen LogP contribution is -2.22. The van der Waals surface area contributed by atoms with Crippen LogP contribution in [-0.2, 0) is 9.47 Å². The Morgan fingerprint density at radius 1 is 1.40 bits per heavy atom. The van der Waals surface area contributed by atoms with Gasteiger partial charge in [-0.1, -0.05) is 11.6 Å². The van der Waals surface area contributed by atoms with Crippen molar-refractivity contribution in [1.29, 1.82) is 0 Å². The molecule has 0 spiro atoms. The molecule has 1 fully saturated rings. The maximum Gasteiger partial charge on any atom is 0.164 e. The van der Waals surface area contributed by atoms with Crippen LogP contribution in [-0.4, -0.2) is 19.0 Å². The lowest BCUT2D eigenvalue weighted by atomic mass is 9.84. The molecule has 2 heteroatoms. The zero-order valence-corrected chi connectivity index (χ0v) is 10.1.